The number of unbranched alkanes of at least 4 members (excludes halogenated alkanes) is 1. The first-order valence-electron chi connectivity index (χ1n) is 10.1. The number of hydrogen-bond acceptors (Lipinski definition) is 6. The summed E-state index contributed by atoms with van der Waals surface area (Å²) < 4.78 is 15.9. The highest BCUT2D eigenvalue weighted by atomic mass is 16.6. The Morgan fingerprint density at radius 2 is 1.71 bits per heavy atom. The molecule has 1 N–H and O–H groups in total. The molecular formula is C23H27N3O5. The van der Waals surface area contributed by atoms with Crippen molar-refractivity contribution in [1.82, 2.24) is 10.2 Å². The lowest BCUT2D eigenvalue weighted by atomic mass is 10.0. The number of amides is 1. The van der Waals surface area contributed by atoms with Gasteiger partial charge in [0.15, 0.2) is 11.5 Å². The summed E-state index contributed by atoms with van der Waals surface area (Å²) in [7, 11) is 4.75. The van der Waals surface area contributed by atoms with Crippen LogP contribution in [0.4, 0.5) is 10.5 Å². The lowest BCUT2D eigenvalue weighted by Crippen LogP contribution is -2.27. The van der Waals surface area contributed by atoms with Gasteiger partial charge in [-0.05, 0) is 36.2 Å². The summed E-state index contributed by atoms with van der Waals surface area (Å²) in [5.74, 6) is 1.01. The molecule has 2 aromatic carbocycles. The smallest absolute Gasteiger partial charge is 0.414 e. The molecule has 0 atom stereocenters. The second-order valence-corrected chi connectivity index (χ2v) is 7.12. The Morgan fingerprint density at radius 3 is 2.32 bits per heavy atom. The summed E-state index contributed by atoms with van der Waals surface area (Å²) >= 11 is 0. The molecule has 8 nitrogen and oxygen atoms in total. The zero-order valence-corrected chi connectivity index (χ0v) is 18.2. The van der Waals surface area contributed by atoms with E-state index < -0.39 is 0 Å². The largest absolute Gasteiger partial charge is 0.493 e. The number of carbonyl (C=O) groups is 1. The fourth-order valence-corrected chi connectivity index (χ4v) is 3.22. The number of benzene rings is 2. The van der Waals surface area contributed by atoms with Crippen LogP contribution < -0.4 is 19.9 Å². The van der Waals surface area contributed by atoms with Crippen LogP contribution in [0.1, 0.15) is 31.0 Å². The number of fused-ring (bicyclic) bond motifs is 1. The van der Waals surface area contributed by atoms with Gasteiger partial charge in [-0.1, -0.05) is 25.5 Å². The number of carbonyl (C=O) groups excluding carboxylic acids is 1. The van der Waals surface area contributed by atoms with Gasteiger partial charge < -0.3 is 14.2 Å². The van der Waals surface area contributed by atoms with Crippen molar-refractivity contribution < 1.29 is 19.0 Å². The molecule has 0 aliphatic heterocycles. The average Bonchev–Trinajstić information content (AvgIpc) is 2.80. The van der Waals surface area contributed by atoms with E-state index >= 15 is 0 Å². The third-order valence-corrected chi connectivity index (χ3v) is 5.06. The summed E-state index contributed by atoms with van der Waals surface area (Å²) in [6, 6.07) is 11.0. The van der Waals surface area contributed by atoms with Gasteiger partial charge in [0.05, 0.1) is 31.9 Å². The first-order chi connectivity index (χ1) is 15.0. The molecule has 0 aliphatic carbocycles. The van der Waals surface area contributed by atoms with E-state index in [1.807, 2.05) is 31.2 Å². The molecule has 8 heteroatoms. The van der Waals surface area contributed by atoms with Crippen molar-refractivity contribution in [3.8, 4) is 11.5 Å². The van der Waals surface area contributed by atoms with E-state index in [1.54, 1.807) is 26.3 Å². The third-order valence-electron chi connectivity index (χ3n) is 5.06. The number of nitrogens with one attached hydrogen (secondary N) is 1. The predicted octanol–water partition coefficient (Wildman–Crippen LogP) is 3.90. The maximum Gasteiger partial charge on any atom is 0.414 e. The minimum Gasteiger partial charge on any atom is -0.493 e. The molecule has 0 bridgehead atoms. The highest BCUT2D eigenvalue weighted by Gasteiger charge is 2.15. The van der Waals surface area contributed by atoms with Crippen molar-refractivity contribution in [1.29, 1.82) is 0 Å². The number of rotatable bonds is 8. The highest BCUT2D eigenvalue weighted by Crippen LogP contribution is 2.32. The van der Waals surface area contributed by atoms with E-state index in [0.717, 1.165) is 24.1 Å². The number of H-pyrrole nitrogens is 1. The molecule has 0 unspecified atom stereocenters. The number of aromatic amines is 1. The molecule has 0 saturated heterocycles. The quantitative estimate of drug-likeness (QED) is 0.550. The molecule has 0 aliphatic rings. The molecule has 3 rings (SSSR count). The molecular weight excluding hydrogens is 398 g/mol. The van der Waals surface area contributed by atoms with Gasteiger partial charge in [0, 0.05) is 24.5 Å². The van der Waals surface area contributed by atoms with E-state index in [1.165, 1.54) is 12.0 Å². The van der Waals surface area contributed by atoms with Gasteiger partial charge in [-0.3, -0.25) is 9.69 Å². The highest BCUT2D eigenvalue weighted by molar-refractivity contribution is 5.88. The number of hydrogen-bond donors (Lipinski definition) is 1. The summed E-state index contributed by atoms with van der Waals surface area (Å²) in [5, 5.41) is 7.97. The number of nitrogens with zero attached hydrogens (tertiary/aromatic N) is 2. The minimum absolute atomic E-state index is 0.293. The fraction of sp³-hybridized carbons (Fsp3) is 0.348. The number of ether oxygens (including phenoxy) is 3. The monoisotopic (exact) mass is 425 g/mol. The average molecular weight is 425 g/mol. The lowest BCUT2D eigenvalue weighted by molar-refractivity contribution is 0.153. The molecule has 1 amide bonds. The van der Waals surface area contributed by atoms with Crippen molar-refractivity contribution in [3.63, 3.8) is 0 Å². The Bertz CT molecular complexity index is 1110. The van der Waals surface area contributed by atoms with Crippen molar-refractivity contribution >= 4 is 22.6 Å². The van der Waals surface area contributed by atoms with Crippen LogP contribution in [0.2, 0.25) is 0 Å². The maximum atomic E-state index is 12.3. The number of methoxy groups -OCH3 is 2. The Labute approximate surface area is 180 Å². The molecule has 0 spiro atoms. The predicted molar refractivity (Wildman–Crippen MR) is 119 cm³/mol. The zero-order chi connectivity index (χ0) is 22.4. The van der Waals surface area contributed by atoms with Crippen molar-refractivity contribution in [2.45, 2.75) is 26.2 Å². The van der Waals surface area contributed by atoms with E-state index in [4.69, 9.17) is 14.2 Å². The van der Waals surface area contributed by atoms with Crippen molar-refractivity contribution in [2.24, 2.45) is 0 Å². The van der Waals surface area contributed by atoms with Crippen molar-refractivity contribution in [3.05, 3.63) is 58.0 Å². The molecule has 1 heterocycles. The summed E-state index contributed by atoms with van der Waals surface area (Å²) in [5.41, 5.74) is 2.12. The van der Waals surface area contributed by atoms with E-state index in [9.17, 15) is 9.59 Å². The SMILES string of the molecule is CCCCOC(=O)N(C)c1ccc(Cc2n[nH]c(=O)c3cc(OC)c(OC)cc23)cc1. The van der Waals surface area contributed by atoms with E-state index in [-0.39, 0.29) is 11.7 Å². The normalized spacial score (nSPS) is 10.7. The van der Waals surface area contributed by atoms with Crippen LogP contribution in [0, 0.1) is 0 Å². The molecule has 31 heavy (non-hydrogen) atoms. The van der Waals surface area contributed by atoms with Gasteiger partial charge in [0.2, 0.25) is 0 Å². The Kier molecular flexibility index (Phi) is 7.12. The topological polar surface area (TPSA) is 93.8 Å². The first kappa shape index (κ1) is 22.1. The summed E-state index contributed by atoms with van der Waals surface area (Å²) in [6.07, 6.45) is 1.93. The Balaban J connectivity index is 1.83. The van der Waals surface area contributed by atoms with Gasteiger partial charge in [-0.25, -0.2) is 9.89 Å². The Morgan fingerprint density at radius 1 is 1.06 bits per heavy atom. The summed E-state index contributed by atoms with van der Waals surface area (Å²) in [4.78, 5) is 25.9. The molecule has 164 valence electrons. The molecule has 0 radical (unpaired) electrons. The van der Waals surface area contributed by atoms with Gasteiger partial charge in [0.1, 0.15) is 0 Å². The van der Waals surface area contributed by atoms with Crippen LogP contribution in [0.5, 0.6) is 11.5 Å². The standard InChI is InChI=1S/C23H27N3O5/c1-5-6-11-31-23(28)26(2)16-9-7-15(8-10-16)12-19-17-13-20(29-3)21(30-4)14-18(17)22(27)25-24-19/h7-10,13-14H,5-6,11-12H2,1-4H3,(H,25,27). The van der Waals surface area contributed by atoms with Gasteiger partial charge >= 0.3 is 6.09 Å². The zero-order valence-electron chi connectivity index (χ0n) is 18.2. The number of aromatic nitrogens is 2. The molecule has 0 fully saturated rings. The van der Waals surface area contributed by atoms with E-state index in [2.05, 4.69) is 10.2 Å². The van der Waals surface area contributed by atoms with Gasteiger partial charge in [-0.15, -0.1) is 0 Å². The van der Waals surface area contributed by atoms with Crippen LogP contribution >= 0.6 is 0 Å². The van der Waals surface area contributed by atoms with Crippen LogP contribution in [0.3, 0.4) is 0 Å². The van der Waals surface area contributed by atoms with Crippen LogP contribution in [0.25, 0.3) is 10.8 Å². The summed E-state index contributed by atoms with van der Waals surface area (Å²) in [6.45, 7) is 2.46. The second kappa shape index (κ2) is 9.97. The van der Waals surface area contributed by atoms with Crippen LogP contribution in [-0.4, -0.2) is 44.2 Å². The van der Waals surface area contributed by atoms with Gasteiger partial charge in [0.25, 0.3) is 5.56 Å². The lowest BCUT2D eigenvalue weighted by Gasteiger charge is -2.17. The van der Waals surface area contributed by atoms with Crippen molar-refractivity contribution in [2.75, 3.05) is 32.8 Å². The molecule has 0 saturated carbocycles. The fourth-order valence-electron chi connectivity index (χ4n) is 3.22. The minimum atomic E-state index is -0.379. The first-order valence-corrected chi connectivity index (χ1v) is 10.1. The van der Waals surface area contributed by atoms with E-state index in [0.29, 0.717) is 41.0 Å². The molecule has 3 aromatic rings. The second-order valence-electron chi connectivity index (χ2n) is 7.12. The van der Waals surface area contributed by atoms with Crippen LogP contribution in [-0.2, 0) is 11.2 Å². The third kappa shape index (κ3) is 4.96. The molecule has 1 aromatic heterocycles. The van der Waals surface area contributed by atoms with Crippen LogP contribution in [0.15, 0.2) is 41.2 Å². The van der Waals surface area contributed by atoms with Gasteiger partial charge in [-0.2, -0.15) is 5.10 Å². The maximum absolute atomic E-state index is 12.3. The Hall–Kier alpha value is -3.55. The number of anilines is 1.